The van der Waals surface area contributed by atoms with Crippen LogP contribution < -0.4 is 5.43 Å². The Morgan fingerprint density at radius 2 is 1.93 bits per heavy atom. The Morgan fingerprint density at radius 1 is 1.29 bits per heavy atom. The van der Waals surface area contributed by atoms with Crippen LogP contribution in [0.2, 0.25) is 0 Å². The van der Waals surface area contributed by atoms with Gasteiger partial charge in [-0.1, -0.05) is 35.4 Å². The molecule has 1 N–H and O–H groups in total. The lowest BCUT2D eigenvalue weighted by molar-refractivity contribution is -0.141. The van der Waals surface area contributed by atoms with Gasteiger partial charge in [-0.25, -0.2) is 0 Å². The fourth-order valence-electron chi connectivity index (χ4n) is 4.17. The maximum Gasteiger partial charge on any atom is 0.231 e. The van der Waals surface area contributed by atoms with E-state index in [2.05, 4.69) is 49.2 Å². The van der Waals surface area contributed by atoms with E-state index in [1.807, 2.05) is 24.8 Å². The van der Waals surface area contributed by atoms with E-state index in [9.17, 15) is 4.79 Å². The topological polar surface area (TPSA) is 53.9 Å². The minimum Gasteiger partial charge on any atom is -0.478 e. The summed E-state index contributed by atoms with van der Waals surface area (Å²) in [6.45, 7) is 14.1. The van der Waals surface area contributed by atoms with Gasteiger partial charge in [0.25, 0.3) is 0 Å². The van der Waals surface area contributed by atoms with Crippen molar-refractivity contribution in [2.45, 2.75) is 53.0 Å². The van der Waals surface area contributed by atoms with Gasteiger partial charge in [0.05, 0.1) is 17.4 Å². The Labute approximate surface area is 168 Å². The van der Waals surface area contributed by atoms with Crippen molar-refractivity contribution in [3.63, 3.8) is 0 Å². The van der Waals surface area contributed by atoms with Crippen LogP contribution >= 0.6 is 0 Å². The molecule has 1 saturated heterocycles. The monoisotopic (exact) mass is 383 g/mol. The molecule has 0 spiro atoms. The molecule has 2 aliphatic heterocycles. The summed E-state index contributed by atoms with van der Waals surface area (Å²) >= 11 is 0. The number of rotatable bonds is 6. The molecule has 2 unspecified atom stereocenters. The molecule has 2 heterocycles. The molecule has 0 bridgehead atoms. The second-order valence-corrected chi connectivity index (χ2v) is 8.78. The van der Waals surface area contributed by atoms with E-state index in [1.54, 1.807) is 0 Å². The highest BCUT2D eigenvalue weighted by molar-refractivity contribution is 5.84. The highest BCUT2D eigenvalue weighted by Gasteiger charge is 2.38. The second kappa shape index (κ2) is 8.38. The number of allylic oxidation sites excluding steroid dienone is 1. The van der Waals surface area contributed by atoms with Crippen LogP contribution in [-0.2, 0) is 9.53 Å². The van der Waals surface area contributed by atoms with Crippen molar-refractivity contribution in [3.8, 4) is 0 Å². The van der Waals surface area contributed by atoms with E-state index >= 15 is 0 Å². The molecule has 1 aromatic rings. The molecule has 0 radical (unpaired) electrons. The highest BCUT2D eigenvalue weighted by Crippen LogP contribution is 2.33. The van der Waals surface area contributed by atoms with Gasteiger partial charge in [-0.05, 0) is 52.5 Å². The molecule has 5 nitrogen and oxygen atoms in total. The summed E-state index contributed by atoms with van der Waals surface area (Å²) in [5.74, 6) is 0.922. The van der Waals surface area contributed by atoms with Crippen molar-refractivity contribution in [1.29, 1.82) is 0 Å². The lowest BCUT2D eigenvalue weighted by atomic mass is 9.89. The molecule has 5 heteroatoms. The Bertz CT molecular complexity index is 743. The first-order valence-electron chi connectivity index (χ1n) is 10.3. The van der Waals surface area contributed by atoms with E-state index in [1.165, 1.54) is 16.7 Å². The summed E-state index contributed by atoms with van der Waals surface area (Å²) in [4.78, 5) is 14.8. The number of amides is 1. The summed E-state index contributed by atoms with van der Waals surface area (Å²) in [6, 6.07) is 6.62. The van der Waals surface area contributed by atoms with Crippen LogP contribution in [0.25, 0.3) is 0 Å². The lowest BCUT2D eigenvalue weighted by Gasteiger charge is -2.29. The van der Waals surface area contributed by atoms with Crippen molar-refractivity contribution in [2.75, 3.05) is 19.7 Å². The summed E-state index contributed by atoms with van der Waals surface area (Å²) in [5, 5.41) is 4.48. The lowest BCUT2D eigenvalue weighted by Crippen LogP contribution is -2.42. The van der Waals surface area contributed by atoms with Crippen LogP contribution in [0.5, 0.6) is 0 Å². The number of ether oxygens (including phenoxy) is 1. The number of nitrogens with zero attached hydrogens (tertiary/aromatic N) is 2. The average molecular weight is 384 g/mol. The van der Waals surface area contributed by atoms with Gasteiger partial charge in [0.15, 0.2) is 0 Å². The zero-order valence-corrected chi connectivity index (χ0v) is 17.6. The number of nitrogens with one attached hydrogen (secondary N) is 1. The normalized spacial score (nSPS) is 22.0. The van der Waals surface area contributed by atoms with Crippen molar-refractivity contribution in [2.24, 2.45) is 16.4 Å². The van der Waals surface area contributed by atoms with Crippen LogP contribution in [-0.4, -0.2) is 36.4 Å². The maximum atomic E-state index is 12.8. The minimum absolute atomic E-state index is 0.0593. The van der Waals surface area contributed by atoms with Gasteiger partial charge in [0, 0.05) is 13.1 Å². The SMILES string of the molecule is C=CCC1C(OCC(C)(C)C(=O)N2CCCC2)=NNC1c1cc(C)cc(C)c1. The van der Waals surface area contributed by atoms with Crippen LogP contribution in [0.1, 0.15) is 55.8 Å². The third-order valence-electron chi connectivity index (χ3n) is 5.61. The number of carbonyl (C=O) groups is 1. The van der Waals surface area contributed by atoms with Gasteiger partial charge >= 0.3 is 0 Å². The fraction of sp³-hybridized carbons (Fsp3) is 0.565. The smallest absolute Gasteiger partial charge is 0.231 e. The van der Waals surface area contributed by atoms with Crippen LogP contribution in [0, 0.1) is 25.2 Å². The van der Waals surface area contributed by atoms with Crippen LogP contribution in [0.4, 0.5) is 0 Å². The summed E-state index contributed by atoms with van der Waals surface area (Å²) in [5.41, 5.74) is 6.37. The van der Waals surface area contributed by atoms with Gasteiger partial charge in [-0.15, -0.1) is 11.7 Å². The van der Waals surface area contributed by atoms with Gasteiger partial charge in [0.2, 0.25) is 11.8 Å². The number of benzene rings is 1. The maximum absolute atomic E-state index is 12.8. The minimum atomic E-state index is -0.566. The molecule has 2 aliphatic rings. The first-order valence-corrected chi connectivity index (χ1v) is 10.3. The van der Waals surface area contributed by atoms with E-state index in [0.29, 0.717) is 12.5 Å². The molecule has 0 saturated carbocycles. The largest absolute Gasteiger partial charge is 0.478 e. The number of likely N-dealkylation sites (tertiary alicyclic amines) is 1. The standard InChI is InChI=1S/C23H33N3O2/c1-6-9-19-20(18-13-16(2)12-17(3)14-18)24-25-21(19)28-15-23(4,5)22(27)26-10-7-8-11-26/h6,12-14,19-20,24H,1,7-11,15H2,2-5H3. The summed E-state index contributed by atoms with van der Waals surface area (Å²) < 4.78 is 6.12. The Kier molecular flexibility index (Phi) is 6.11. The summed E-state index contributed by atoms with van der Waals surface area (Å²) in [6.07, 6.45) is 4.87. The average Bonchev–Trinajstić information content (AvgIpc) is 3.29. The molecule has 2 atom stereocenters. The Hall–Kier alpha value is -2.30. The van der Waals surface area contributed by atoms with Crippen LogP contribution in [0.3, 0.4) is 0 Å². The Morgan fingerprint density at radius 3 is 2.54 bits per heavy atom. The molecular formula is C23H33N3O2. The predicted octanol–water partition coefficient (Wildman–Crippen LogP) is 4.12. The molecule has 1 amide bonds. The number of aryl methyl sites for hydroxylation is 2. The first-order chi connectivity index (χ1) is 13.3. The van der Waals surface area contributed by atoms with Gasteiger partial charge in [-0.2, -0.15) is 0 Å². The quantitative estimate of drug-likeness (QED) is 0.752. The highest BCUT2D eigenvalue weighted by atomic mass is 16.5. The van der Waals surface area contributed by atoms with Gasteiger partial charge < -0.3 is 9.64 Å². The first kappa shape index (κ1) is 20.4. The predicted molar refractivity (Wildman–Crippen MR) is 113 cm³/mol. The van der Waals surface area contributed by atoms with E-state index in [4.69, 9.17) is 4.74 Å². The van der Waals surface area contributed by atoms with E-state index in [0.717, 1.165) is 32.4 Å². The second-order valence-electron chi connectivity index (χ2n) is 8.78. The number of hydrogen-bond acceptors (Lipinski definition) is 4. The molecule has 1 fully saturated rings. The molecule has 3 rings (SSSR count). The zero-order valence-electron chi connectivity index (χ0n) is 17.6. The summed E-state index contributed by atoms with van der Waals surface area (Å²) in [7, 11) is 0. The Balaban J connectivity index is 1.69. The molecule has 28 heavy (non-hydrogen) atoms. The van der Waals surface area contributed by atoms with Gasteiger partial charge in [0.1, 0.15) is 6.61 Å². The number of hydrogen-bond donors (Lipinski definition) is 1. The zero-order chi connectivity index (χ0) is 20.3. The number of carbonyl (C=O) groups excluding carboxylic acids is 1. The van der Waals surface area contributed by atoms with Crippen LogP contribution in [0.15, 0.2) is 36.0 Å². The molecular weight excluding hydrogens is 350 g/mol. The van der Waals surface area contributed by atoms with E-state index < -0.39 is 5.41 Å². The molecule has 0 aromatic heterocycles. The molecule has 152 valence electrons. The van der Waals surface area contributed by atoms with Gasteiger partial charge in [-0.3, -0.25) is 10.2 Å². The third-order valence-corrected chi connectivity index (χ3v) is 5.61. The van der Waals surface area contributed by atoms with Crippen molar-refractivity contribution in [1.82, 2.24) is 10.3 Å². The number of hydrazone groups is 1. The third kappa shape index (κ3) is 4.40. The van der Waals surface area contributed by atoms with Crippen molar-refractivity contribution < 1.29 is 9.53 Å². The molecule has 0 aliphatic carbocycles. The molecule has 1 aromatic carbocycles. The van der Waals surface area contributed by atoms with Crippen molar-refractivity contribution >= 4 is 11.8 Å². The van der Waals surface area contributed by atoms with E-state index in [-0.39, 0.29) is 17.9 Å². The van der Waals surface area contributed by atoms with Crippen molar-refractivity contribution in [3.05, 3.63) is 47.5 Å². The fourth-order valence-corrected chi connectivity index (χ4v) is 4.17.